The van der Waals surface area contributed by atoms with Crippen molar-refractivity contribution in [1.82, 2.24) is 10.4 Å². The SMILES string of the molecule is CC(=O)N/N=C/c1ccc(O)cn1. The van der Waals surface area contributed by atoms with Crippen LogP contribution in [0.5, 0.6) is 5.75 Å². The molecule has 0 aliphatic heterocycles. The van der Waals surface area contributed by atoms with Gasteiger partial charge in [-0.05, 0) is 12.1 Å². The fraction of sp³-hybridized carbons (Fsp3) is 0.125. The number of nitrogens with one attached hydrogen (secondary N) is 1. The molecule has 68 valence electrons. The van der Waals surface area contributed by atoms with Gasteiger partial charge in [-0.2, -0.15) is 5.10 Å². The number of amides is 1. The van der Waals surface area contributed by atoms with Crippen LogP contribution in [0, 0.1) is 0 Å². The molecule has 1 amide bonds. The van der Waals surface area contributed by atoms with Gasteiger partial charge in [0.2, 0.25) is 5.91 Å². The van der Waals surface area contributed by atoms with Crippen LogP contribution in [0.2, 0.25) is 0 Å². The van der Waals surface area contributed by atoms with Gasteiger partial charge in [0.25, 0.3) is 0 Å². The summed E-state index contributed by atoms with van der Waals surface area (Å²) in [7, 11) is 0. The van der Waals surface area contributed by atoms with Gasteiger partial charge in [-0.25, -0.2) is 5.43 Å². The van der Waals surface area contributed by atoms with E-state index in [0.29, 0.717) is 5.69 Å². The number of carbonyl (C=O) groups is 1. The number of aromatic hydroxyl groups is 1. The molecule has 0 saturated heterocycles. The second-order valence-electron chi connectivity index (χ2n) is 2.37. The minimum absolute atomic E-state index is 0.0941. The Labute approximate surface area is 75.1 Å². The van der Waals surface area contributed by atoms with E-state index in [2.05, 4.69) is 15.5 Å². The predicted octanol–water partition coefficient (Wildman–Crippen LogP) is 0.257. The first kappa shape index (κ1) is 9.18. The van der Waals surface area contributed by atoms with Crippen molar-refractivity contribution in [3.05, 3.63) is 24.0 Å². The smallest absolute Gasteiger partial charge is 0.236 e. The van der Waals surface area contributed by atoms with Crippen LogP contribution < -0.4 is 5.43 Å². The Kier molecular flexibility index (Phi) is 2.97. The molecule has 5 nitrogen and oxygen atoms in total. The van der Waals surface area contributed by atoms with Crippen molar-refractivity contribution >= 4 is 12.1 Å². The lowest BCUT2D eigenvalue weighted by atomic mass is 10.4. The molecule has 0 bridgehead atoms. The summed E-state index contributed by atoms with van der Waals surface area (Å²) >= 11 is 0. The van der Waals surface area contributed by atoms with Crippen LogP contribution in [0.1, 0.15) is 12.6 Å². The molecule has 1 aromatic rings. The van der Waals surface area contributed by atoms with Crippen molar-refractivity contribution in [2.24, 2.45) is 5.10 Å². The maximum Gasteiger partial charge on any atom is 0.236 e. The highest BCUT2D eigenvalue weighted by atomic mass is 16.3. The molecular weight excluding hydrogens is 170 g/mol. The van der Waals surface area contributed by atoms with Crippen molar-refractivity contribution in [1.29, 1.82) is 0 Å². The third-order valence-corrected chi connectivity index (χ3v) is 1.19. The van der Waals surface area contributed by atoms with Gasteiger partial charge >= 0.3 is 0 Å². The van der Waals surface area contributed by atoms with Crippen LogP contribution >= 0.6 is 0 Å². The Morgan fingerprint density at radius 3 is 3.00 bits per heavy atom. The standard InChI is InChI=1S/C8H9N3O2/c1-6(12)11-10-4-7-2-3-8(13)5-9-7/h2-5,13H,1H3,(H,11,12)/b10-4+. The molecule has 0 spiro atoms. The third-order valence-electron chi connectivity index (χ3n) is 1.19. The average Bonchev–Trinajstić information content (AvgIpc) is 2.08. The number of pyridine rings is 1. The van der Waals surface area contributed by atoms with Gasteiger partial charge in [0.15, 0.2) is 0 Å². The Hall–Kier alpha value is -1.91. The molecule has 0 fully saturated rings. The molecule has 13 heavy (non-hydrogen) atoms. The Bertz CT molecular complexity index is 319. The van der Waals surface area contributed by atoms with Crippen LogP contribution in [0.3, 0.4) is 0 Å². The number of hydrazone groups is 1. The van der Waals surface area contributed by atoms with E-state index >= 15 is 0 Å². The molecule has 0 aliphatic rings. The van der Waals surface area contributed by atoms with E-state index in [4.69, 9.17) is 5.11 Å². The van der Waals surface area contributed by atoms with Gasteiger partial charge in [0.1, 0.15) is 5.75 Å². The Morgan fingerprint density at radius 1 is 1.69 bits per heavy atom. The van der Waals surface area contributed by atoms with E-state index in [9.17, 15) is 4.79 Å². The molecule has 0 saturated carbocycles. The van der Waals surface area contributed by atoms with Gasteiger partial charge in [0.05, 0.1) is 18.1 Å². The largest absolute Gasteiger partial charge is 0.506 e. The summed E-state index contributed by atoms with van der Waals surface area (Å²) in [6.45, 7) is 1.36. The first-order chi connectivity index (χ1) is 6.18. The highest BCUT2D eigenvalue weighted by molar-refractivity contribution is 5.79. The fourth-order valence-electron chi connectivity index (χ4n) is 0.663. The van der Waals surface area contributed by atoms with Gasteiger partial charge in [-0.3, -0.25) is 9.78 Å². The number of nitrogens with zero attached hydrogens (tertiary/aromatic N) is 2. The van der Waals surface area contributed by atoms with Crippen LogP contribution in [-0.4, -0.2) is 22.2 Å². The molecule has 2 N–H and O–H groups in total. The molecule has 1 aromatic heterocycles. The molecule has 0 aliphatic carbocycles. The van der Waals surface area contributed by atoms with E-state index in [1.165, 1.54) is 25.4 Å². The summed E-state index contributed by atoms with van der Waals surface area (Å²) in [6, 6.07) is 3.07. The van der Waals surface area contributed by atoms with Crippen molar-refractivity contribution in [3.8, 4) is 5.75 Å². The molecule has 1 rings (SSSR count). The number of rotatable bonds is 2. The van der Waals surface area contributed by atoms with Crippen LogP contribution in [-0.2, 0) is 4.79 Å². The van der Waals surface area contributed by atoms with Gasteiger partial charge < -0.3 is 5.11 Å². The lowest BCUT2D eigenvalue weighted by Crippen LogP contribution is -2.12. The van der Waals surface area contributed by atoms with Crippen LogP contribution in [0.15, 0.2) is 23.4 Å². The minimum Gasteiger partial charge on any atom is -0.506 e. The van der Waals surface area contributed by atoms with Gasteiger partial charge in [0, 0.05) is 6.92 Å². The zero-order valence-corrected chi connectivity index (χ0v) is 7.06. The van der Waals surface area contributed by atoms with Crippen molar-refractivity contribution in [3.63, 3.8) is 0 Å². The number of hydrogen-bond donors (Lipinski definition) is 2. The Balaban J connectivity index is 2.59. The zero-order chi connectivity index (χ0) is 9.68. The van der Waals surface area contributed by atoms with Crippen LogP contribution in [0.4, 0.5) is 0 Å². The molecule has 1 heterocycles. The fourth-order valence-corrected chi connectivity index (χ4v) is 0.663. The molecule has 0 atom stereocenters. The summed E-state index contributed by atoms with van der Waals surface area (Å²) < 4.78 is 0. The van der Waals surface area contributed by atoms with E-state index in [0.717, 1.165) is 0 Å². The van der Waals surface area contributed by atoms with Gasteiger partial charge in [-0.15, -0.1) is 0 Å². The lowest BCUT2D eigenvalue weighted by molar-refractivity contribution is -0.118. The monoisotopic (exact) mass is 179 g/mol. The maximum atomic E-state index is 10.4. The third kappa shape index (κ3) is 3.33. The summed E-state index contributed by atoms with van der Waals surface area (Å²) in [5.41, 5.74) is 2.80. The zero-order valence-electron chi connectivity index (χ0n) is 7.06. The predicted molar refractivity (Wildman–Crippen MR) is 47.3 cm³/mol. The van der Waals surface area contributed by atoms with E-state index in [-0.39, 0.29) is 11.7 Å². The Morgan fingerprint density at radius 2 is 2.46 bits per heavy atom. The molecule has 5 heteroatoms. The minimum atomic E-state index is -0.241. The second-order valence-corrected chi connectivity index (χ2v) is 2.37. The topological polar surface area (TPSA) is 74.6 Å². The van der Waals surface area contributed by atoms with Gasteiger partial charge in [-0.1, -0.05) is 0 Å². The first-order valence-electron chi connectivity index (χ1n) is 3.63. The average molecular weight is 179 g/mol. The first-order valence-corrected chi connectivity index (χ1v) is 3.63. The second kappa shape index (κ2) is 4.20. The van der Waals surface area contributed by atoms with E-state index in [1.54, 1.807) is 6.07 Å². The lowest BCUT2D eigenvalue weighted by Gasteiger charge is -1.93. The summed E-state index contributed by atoms with van der Waals surface area (Å²) in [5, 5.41) is 12.5. The normalized spacial score (nSPS) is 10.2. The number of carbonyl (C=O) groups excluding carboxylic acids is 1. The van der Waals surface area contributed by atoms with E-state index < -0.39 is 0 Å². The summed E-state index contributed by atoms with van der Waals surface area (Å²) in [6.07, 6.45) is 2.69. The molecule has 0 unspecified atom stereocenters. The highest BCUT2D eigenvalue weighted by Gasteiger charge is 1.90. The molecule has 0 aromatic carbocycles. The summed E-state index contributed by atoms with van der Waals surface area (Å²) in [5.74, 6) is -0.147. The summed E-state index contributed by atoms with van der Waals surface area (Å²) in [4.78, 5) is 14.2. The number of aromatic nitrogens is 1. The van der Waals surface area contributed by atoms with Crippen molar-refractivity contribution in [2.75, 3.05) is 0 Å². The highest BCUT2D eigenvalue weighted by Crippen LogP contribution is 2.03. The van der Waals surface area contributed by atoms with Crippen molar-refractivity contribution < 1.29 is 9.90 Å². The molecular formula is C8H9N3O2. The molecule has 0 radical (unpaired) electrons. The van der Waals surface area contributed by atoms with Crippen LogP contribution in [0.25, 0.3) is 0 Å². The quantitative estimate of drug-likeness (QED) is 0.505. The maximum absolute atomic E-state index is 10.4. The number of hydrogen-bond acceptors (Lipinski definition) is 4. The van der Waals surface area contributed by atoms with Crippen molar-refractivity contribution in [2.45, 2.75) is 6.92 Å². The van der Waals surface area contributed by atoms with E-state index in [1.807, 2.05) is 0 Å².